The standard InChI is InChI=1S/C22H22N2O5/c1-28-19-9-5-4-8-18(19)24-13-16(12-20(24)25)22(27)29-14-21(26)23-11-10-15-6-2-3-7-17(15)23/h2-9,16H,10-14H2,1H3/t16-/m0/s1. The molecule has 0 spiro atoms. The molecule has 0 unspecified atom stereocenters. The smallest absolute Gasteiger partial charge is 0.311 e. The van der Waals surface area contributed by atoms with Crippen LogP contribution in [0.2, 0.25) is 0 Å². The lowest BCUT2D eigenvalue weighted by atomic mass is 10.1. The highest BCUT2D eigenvalue weighted by atomic mass is 16.5. The summed E-state index contributed by atoms with van der Waals surface area (Å²) in [6.45, 7) is 0.463. The molecule has 0 aromatic heterocycles. The normalized spacial score (nSPS) is 18.0. The Hall–Kier alpha value is -3.35. The summed E-state index contributed by atoms with van der Waals surface area (Å²) < 4.78 is 10.6. The number of nitrogens with zero attached hydrogens (tertiary/aromatic N) is 2. The number of ether oxygens (including phenoxy) is 2. The SMILES string of the molecule is COc1ccccc1N1C[C@@H](C(=O)OCC(=O)N2CCc3ccccc32)CC1=O. The number of methoxy groups -OCH3 is 1. The fraction of sp³-hybridized carbons (Fsp3) is 0.318. The molecule has 7 nitrogen and oxygen atoms in total. The lowest BCUT2D eigenvalue weighted by Gasteiger charge is -2.19. The lowest BCUT2D eigenvalue weighted by Crippen LogP contribution is -2.34. The van der Waals surface area contributed by atoms with Crippen LogP contribution in [0, 0.1) is 5.92 Å². The number of carbonyl (C=O) groups is 3. The summed E-state index contributed by atoms with van der Waals surface area (Å²) >= 11 is 0. The predicted molar refractivity (Wildman–Crippen MR) is 107 cm³/mol. The molecule has 2 aliphatic heterocycles. The fourth-order valence-corrected chi connectivity index (χ4v) is 3.88. The first-order valence-electron chi connectivity index (χ1n) is 9.56. The zero-order valence-electron chi connectivity index (χ0n) is 16.2. The first-order chi connectivity index (χ1) is 14.1. The Morgan fingerprint density at radius 1 is 1.07 bits per heavy atom. The van der Waals surface area contributed by atoms with Crippen molar-refractivity contribution in [3.05, 3.63) is 54.1 Å². The maximum absolute atomic E-state index is 12.5. The minimum absolute atomic E-state index is 0.0532. The molecule has 2 aromatic carbocycles. The molecule has 2 amide bonds. The van der Waals surface area contributed by atoms with Crippen LogP contribution in [0.1, 0.15) is 12.0 Å². The molecule has 1 fully saturated rings. The predicted octanol–water partition coefficient (Wildman–Crippen LogP) is 2.18. The molecule has 0 N–H and O–H groups in total. The summed E-state index contributed by atoms with van der Waals surface area (Å²) in [7, 11) is 1.53. The van der Waals surface area contributed by atoms with Crippen LogP contribution >= 0.6 is 0 Å². The first-order valence-corrected chi connectivity index (χ1v) is 9.56. The second kappa shape index (κ2) is 7.95. The van der Waals surface area contributed by atoms with E-state index in [0.29, 0.717) is 18.0 Å². The molecule has 7 heteroatoms. The van der Waals surface area contributed by atoms with Crippen LogP contribution < -0.4 is 14.5 Å². The van der Waals surface area contributed by atoms with E-state index in [1.165, 1.54) is 12.0 Å². The van der Waals surface area contributed by atoms with E-state index in [4.69, 9.17) is 9.47 Å². The van der Waals surface area contributed by atoms with Gasteiger partial charge in [0, 0.05) is 25.2 Å². The van der Waals surface area contributed by atoms with Gasteiger partial charge < -0.3 is 19.3 Å². The van der Waals surface area contributed by atoms with Crippen molar-refractivity contribution in [2.24, 2.45) is 5.92 Å². The summed E-state index contributed by atoms with van der Waals surface area (Å²) in [6, 6.07) is 14.9. The minimum atomic E-state index is -0.605. The summed E-state index contributed by atoms with van der Waals surface area (Å²) in [4.78, 5) is 40.6. The molecule has 0 bridgehead atoms. The van der Waals surface area contributed by atoms with Gasteiger partial charge >= 0.3 is 5.97 Å². The lowest BCUT2D eigenvalue weighted by molar-refractivity contribution is -0.151. The van der Waals surface area contributed by atoms with E-state index >= 15 is 0 Å². The van der Waals surface area contributed by atoms with E-state index in [9.17, 15) is 14.4 Å². The summed E-state index contributed by atoms with van der Waals surface area (Å²) in [5.41, 5.74) is 2.60. The van der Waals surface area contributed by atoms with Crippen molar-refractivity contribution in [2.75, 3.05) is 36.6 Å². The molecule has 4 rings (SSSR count). The zero-order valence-corrected chi connectivity index (χ0v) is 16.2. The number of para-hydroxylation sites is 3. The second-order valence-corrected chi connectivity index (χ2v) is 7.11. The van der Waals surface area contributed by atoms with Crippen molar-refractivity contribution in [1.82, 2.24) is 0 Å². The largest absolute Gasteiger partial charge is 0.495 e. The van der Waals surface area contributed by atoms with Crippen LogP contribution in [-0.2, 0) is 25.5 Å². The number of benzene rings is 2. The molecule has 1 saturated heterocycles. The van der Waals surface area contributed by atoms with Crippen LogP contribution in [0.25, 0.3) is 0 Å². The third kappa shape index (κ3) is 3.68. The van der Waals surface area contributed by atoms with Gasteiger partial charge in [0.05, 0.1) is 18.7 Å². The third-order valence-corrected chi connectivity index (χ3v) is 5.36. The highest BCUT2D eigenvalue weighted by Gasteiger charge is 2.37. The van der Waals surface area contributed by atoms with Crippen LogP contribution in [-0.4, -0.2) is 44.6 Å². The van der Waals surface area contributed by atoms with Crippen molar-refractivity contribution in [3.63, 3.8) is 0 Å². The van der Waals surface area contributed by atoms with Gasteiger partial charge in [-0.15, -0.1) is 0 Å². The Morgan fingerprint density at radius 2 is 1.79 bits per heavy atom. The van der Waals surface area contributed by atoms with Gasteiger partial charge in [0.1, 0.15) is 5.75 Å². The molecule has 150 valence electrons. The molecule has 0 aliphatic carbocycles. The fourth-order valence-electron chi connectivity index (χ4n) is 3.88. The van der Waals surface area contributed by atoms with Crippen molar-refractivity contribution in [1.29, 1.82) is 0 Å². The molecule has 2 aliphatic rings. The molecule has 1 atom stereocenters. The van der Waals surface area contributed by atoms with Gasteiger partial charge in [-0.2, -0.15) is 0 Å². The number of rotatable bonds is 5. The molecule has 0 saturated carbocycles. The maximum Gasteiger partial charge on any atom is 0.311 e. The van der Waals surface area contributed by atoms with E-state index in [2.05, 4.69) is 0 Å². The van der Waals surface area contributed by atoms with E-state index in [0.717, 1.165) is 17.7 Å². The second-order valence-electron chi connectivity index (χ2n) is 7.11. The maximum atomic E-state index is 12.5. The Balaban J connectivity index is 1.36. The minimum Gasteiger partial charge on any atom is -0.495 e. The van der Waals surface area contributed by atoms with Gasteiger partial charge in [-0.1, -0.05) is 30.3 Å². The van der Waals surface area contributed by atoms with Gasteiger partial charge in [-0.3, -0.25) is 14.4 Å². The molecular weight excluding hydrogens is 372 g/mol. The van der Waals surface area contributed by atoms with Gasteiger partial charge in [0.25, 0.3) is 5.91 Å². The van der Waals surface area contributed by atoms with Crippen molar-refractivity contribution in [2.45, 2.75) is 12.8 Å². The Kier molecular flexibility index (Phi) is 5.20. The average Bonchev–Trinajstić information content (AvgIpc) is 3.35. The topological polar surface area (TPSA) is 76.2 Å². The van der Waals surface area contributed by atoms with Crippen molar-refractivity contribution < 1.29 is 23.9 Å². The molecule has 29 heavy (non-hydrogen) atoms. The number of anilines is 2. The van der Waals surface area contributed by atoms with Crippen LogP contribution in [0.3, 0.4) is 0 Å². The van der Waals surface area contributed by atoms with E-state index in [1.54, 1.807) is 17.0 Å². The van der Waals surface area contributed by atoms with Crippen LogP contribution in [0.15, 0.2) is 48.5 Å². The van der Waals surface area contributed by atoms with E-state index in [-0.39, 0.29) is 31.4 Å². The number of carbonyl (C=O) groups excluding carboxylic acids is 3. The van der Waals surface area contributed by atoms with Gasteiger partial charge in [0.15, 0.2) is 6.61 Å². The number of hydrogen-bond acceptors (Lipinski definition) is 5. The zero-order chi connectivity index (χ0) is 20.4. The van der Waals surface area contributed by atoms with Crippen LogP contribution in [0.4, 0.5) is 11.4 Å². The average molecular weight is 394 g/mol. The summed E-state index contributed by atoms with van der Waals surface area (Å²) in [5.74, 6) is -0.995. The van der Waals surface area contributed by atoms with Gasteiger partial charge in [0.2, 0.25) is 5.91 Å². The molecule has 2 aromatic rings. The van der Waals surface area contributed by atoms with E-state index < -0.39 is 11.9 Å². The Labute approximate surface area is 168 Å². The number of fused-ring (bicyclic) bond motifs is 1. The quantitative estimate of drug-likeness (QED) is 0.727. The molecule has 2 heterocycles. The first kappa shape index (κ1) is 19.0. The van der Waals surface area contributed by atoms with Gasteiger partial charge in [-0.05, 0) is 30.2 Å². The number of amides is 2. The van der Waals surface area contributed by atoms with Crippen molar-refractivity contribution >= 4 is 29.2 Å². The Morgan fingerprint density at radius 3 is 2.59 bits per heavy atom. The highest BCUT2D eigenvalue weighted by molar-refractivity contribution is 6.01. The van der Waals surface area contributed by atoms with Crippen LogP contribution in [0.5, 0.6) is 5.75 Å². The van der Waals surface area contributed by atoms with E-state index in [1.807, 2.05) is 36.4 Å². The molecule has 0 radical (unpaired) electrons. The third-order valence-electron chi connectivity index (χ3n) is 5.36. The monoisotopic (exact) mass is 394 g/mol. The number of esters is 1. The summed E-state index contributed by atoms with van der Waals surface area (Å²) in [5, 5.41) is 0. The molecular formula is C22H22N2O5. The highest BCUT2D eigenvalue weighted by Crippen LogP contribution is 2.33. The Bertz CT molecular complexity index is 958. The summed E-state index contributed by atoms with van der Waals surface area (Å²) in [6.07, 6.45) is 0.846. The van der Waals surface area contributed by atoms with Gasteiger partial charge in [-0.25, -0.2) is 0 Å². The van der Waals surface area contributed by atoms with Crippen molar-refractivity contribution in [3.8, 4) is 5.75 Å². The number of hydrogen-bond donors (Lipinski definition) is 0.